The van der Waals surface area contributed by atoms with Crippen molar-refractivity contribution >= 4 is 23.6 Å². The van der Waals surface area contributed by atoms with Gasteiger partial charge in [-0.25, -0.2) is 4.79 Å². The summed E-state index contributed by atoms with van der Waals surface area (Å²) < 4.78 is 41.2. The van der Waals surface area contributed by atoms with Crippen molar-refractivity contribution in [2.24, 2.45) is 0 Å². The van der Waals surface area contributed by atoms with Gasteiger partial charge in [0.2, 0.25) is 5.91 Å². The third kappa shape index (κ3) is 7.43. The lowest BCUT2D eigenvalue weighted by Crippen LogP contribution is -2.48. The lowest BCUT2D eigenvalue weighted by molar-refractivity contribution is -0.153. The summed E-state index contributed by atoms with van der Waals surface area (Å²) >= 11 is 6.08. The summed E-state index contributed by atoms with van der Waals surface area (Å²) in [5.41, 5.74) is 0.944. The first kappa shape index (κ1) is 23.3. The van der Waals surface area contributed by atoms with Crippen molar-refractivity contribution in [3.8, 4) is 5.75 Å². The van der Waals surface area contributed by atoms with Crippen molar-refractivity contribution in [2.75, 3.05) is 6.61 Å². The Morgan fingerprint density at radius 3 is 2.47 bits per heavy atom. The van der Waals surface area contributed by atoms with Gasteiger partial charge in [-0.05, 0) is 30.7 Å². The molecule has 0 aliphatic rings. The van der Waals surface area contributed by atoms with Crippen molar-refractivity contribution in [1.29, 1.82) is 0 Å². The Morgan fingerprint density at radius 1 is 1.20 bits per heavy atom. The number of aromatic nitrogens is 1. The summed E-state index contributed by atoms with van der Waals surface area (Å²) in [6, 6.07) is 7.68. The first-order valence-electron chi connectivity index (χ1n) is 8.74. The van der Waals surface area contributed by atoms with E-state index in [1.54, 1.807) is 31.2 Å². The molecule has 0 radical (unpaired) electrons. The van der Waals surface area contributed by atoms with Gasteiger partial charge in [-0.3, -0.25) is 9.78 Å². The number of carbonyl (C=O) groups excluding carboxylic acids is 1. The van der Waals surface area contributed by atoms with Crippen molar-refractivity contribution in [2.45, 2.75) is 31.6 Å². The van der Waals surface area contributed by atoms with Gasteiger partial charge in [0.05, 0.1) is 17.9 Å². The minimum atomic E-state index is -4.46. The highest BCUT2D eigenvalue weighted by Gasteiger charge is 2.28. The van der Waals surface area contributed by atoms with Crippen molar-refractivity contribution in [3.63, 3.8) is 0 Å². The molecule has 0 bridgehead atoms. The van der Waals surface area contributed by atoms with Crippen molar-refractivity contribution in [1.82, 2.24) is 15.6 Å². The van der Waals surface area contributed by atoms with E-state index in [2.05, 4.69) is 20.4 Å². The number of nitrogens with one attached hydrogen (secondary N) is 2. The van der Waals surface area contributed by atoms with E-state index in [-0.39, 0.29) is 12.2 Å². The van der Waals surface area contributed by atoms with E-state index < -0.39 is 36.9 Å². The summed E-state index contributed by atoms with van der Waals surface area (Å²) in [5, 5.41) is 14.2. The summed E-state index contributed by atoms with van der Waals surface area (Å²) in [6.07, 6.45) is -4.70. The van der Waals surface area contributed by atoms with E-state index in [1.165, 1.54) is 12.1 Å². The second-order valence-corrected chi connectivity index (χ2v) is 6.76. The summed E-state index contributed by atoms with van der Waals surface area (Å²) in [6.45, 7) is 0.161. The third-order valence-corrected chi connectivity index (χ3v) is 4.33. The number of carboxylic acid groups (broad SMARTS) is 1. The first-order chi connectivity index (χ1) is 14.0. The number of carbonyl (C=O) groups is 2. The fourth-order valence-corrected chi connectivity index (χ4v) is 2.74. The van der Waals surface area contributed by atoms with Gasteiger partial charge in [0.15, 0.2) is 6.61 Å². The normalized spacial score (nSPS) is 13.2. The van der Waals surface area contributed by atoms with E-state index in [1.807, 2.05) is 0 Å². The molecule has 11 heteroatoms. The van der Waals surface area contributed by atoms with Gasteiger partial charge >= 0.3 is 12.3 Å². The molecule has 2 amide bonds. The van der Waals surface area contributed by atoms with Crippen LogP contribution in [-0.2, 0) is 11.2 Å². The minimum absolute atomic E-state index is 0.0299. The van der Waals surface area contributed by atoms with Crippen LogP contribution in [0.25, 0.3) is 0 Å². The number of hydrogen-bond donors (Lipinski definition) is 3. The Balaban J connectivity index is 2.03. The van der Waals surface area contributed by atoms with Gasteiger partial charge in [0.1, 0.15) is 11.8 Å². The van der Waals surface area contributed by atoms with Gasteiger partial charge < -0.3 is 20.5 Å². The molecule has 0 saturated carbocycles. The van der Waals surface area contributed by atoms with E-state index >= 15 is 0 Å². The number of amides is 2. The van der Waals surface area contributed by atoms with Gasteiger partial charge in [-0.2, -0.15) is 13.2 Å². The van der Waals surface area contributed by atoms with Crippen LogP contribution in [0.4, 0.5) is 18.0 Å². The van der Waals surface area contributed by atoms with Crippen LogP contribution in [0.5, 0.6) is 5.75 Å². The minimum Gasteiger partial charge on any atom is -0.483 e. The standard InChI is InChI=1S/C19H19ClF3N3O4/c1-11(15-7-6-13(9-24-15)30-10-19(21,22)23)25-17(27)16(26-18(28)29)8-12-4-2-3-5-14(12)20/h2-7,9,11,16,26H,8,10H2,1H3,(H,25,27)(H,28,29). The SMILES string of the molecule is CC(NC(=O)C(Cc1ccccc1Cl)NC(=O)O)c1ccc(OCC(F)(F)F)cn1. The molecular formula is C19H19ClF3N3O4. The van der Waals surface area contributed by atoms with Gasteiger partial charge in [-0.15, -0.1) is 0 Å². The Bertz CT molecular complexity index is 878. The molecule has 2 atom stereocenters. The maximum absolute atomic E-state index is 12.6. The number of benzene rings is 1. The molecule has 0 aliphatic carbocycles. The molecule has 162 valence electrons. The largest absolute Gasteiger partial charge is 0.483 e. The lowest BCUT2D eigenvalue weighted by Gasteiger charge is -2.21. The number of rotatable bonds is 8. The Morgan fingerprint density at radius 2 is 1.90 bits per heavy atom. The maximum Gasteiger partial charge on any atom is 0.422 e. The second-order valence-electron chi connectivity index (χ2n) is 6.35. The first-order valence-corrected chi connectivity index (χ1v) is 9.11. The average Bonchev–Trinajstić information content (AvgIpc) is 2.67. The van der Waals surface area contributed by atoms with Crippen molar-refractivity contribution < 1.29 is 32.6 Å². The van der Waals surface area contributed by atoms with E-state index in [4.69, 9.17) is 16.7 Å². The highest BCUT2D eigenvalue weighted by atomic mass is 35.5. The lowest BCUT2D eigenvalue weighted by atomic mass is 10.0. The summed E-state index contributed by atoms with van der Waals surface area (Å²) in [5.74, 6) is -0.678. The average molecular weight is 446 g/mol. The Kier molecular flexibility index (Phi) is 7.87. The zero-order chi connectivity index (χ0) is 22.3. The van der Waals surface area contributed by atoms with Crippen LogP contribution < -0.4 is 15.4 Å². The third-order valence-electron chi connectivity index (χ3n) is 3.96. The molecule has 2 rings (SSSR count). The summed E-state index contributed by atoms with van der Waals surface area (Å²) in [7, 11) is 0. The molecule has 0 spiro atoms. The monoisotopic (exact) mass is 445 g/mol. The predicted octanol–water partition coefficient (Wildman–Crippen LogP) is 3.73. The fourth-order valence-electron chi connectivity index (χ4n) is 2.53. The molecular weight excluding hydrogens is 427 g/mol. The number of ether oxygens (including phenoxy) is 1. The number of hydrogen-bond acceptors (Lipinski definition) is 4. The topological polar surface area (TPSA) is 101 Å². The van der Waals surface area contributed by atoms with Crippen LogP contribution in [-0.4, -0.2) is 40.9 Å². The molecule has 7 nitrogen and oxygen atoms in total. The predicted molar refractivity (Wildman–Crippen MR) is 102 cm³/mol. The van der Waals surface area contributed by atoms with Gasteiger partial charge in [0.25, 0.3) is 0 Å². The highest BCUT2D eigenvalue weighted by Crippen LogP contribution is 2.20. The smallest absolute Gasteiger partial charge is 0.422 e. The molecule has 0 fully saturated rings. The number of halogens is 4. The van der Waals surface area contributed by atoms with Gasteiger partial charge in [0, 0.05) is 11.4 Å². The highest BCUT2D eigenvalue weighted by molar-refractivity contribution is 6.31. The van der Waals surface area contributed by atoms with Crippen LogP contribution in [0.15, 0.2) is 42.6 Å². The molecule has 1 aromatic heterocycles. The zero-order valence-electron chi connectivity index (χ0n) is 15.7. The summed E-state index contributed by atoms with van der Waals surface area (Å²) in [4.78, 5) is 27.7. The zero-order valence-corrected chi connectivity index (χ0v) is 16.5. The van der Waals surface area contributed by atoms with Crippen LogP contribution in [0.2, 0.25) is 5.02 Å². The Hall–Kier alpha value is -3.01. The van der Waals surface area contributed by atoms with Crippen LogP contribution in [0.1, 0.15) is 24.2 Å². The number of alkyl halides is 3. The molecule has 2 aromatic rings. The van der Waals surface area contributed by atoms with E-state index in [0.29, 0.717) is 16.3 Å². The Labute approximate surface area is 175 Å². The molecule has 1 aromatic carbocycles. The number of nitrogens with zero attached hydrogens (tertiary/aromatic N) is 1. The second kappa shape index (κ2) is 10.1. The molecule has 3 N–H and O–H groups in total. The molecule has 2 unspecified atom stereocenters. The quantitative estimate of drug-likeness (QED) is 0.575. The molecule has 30 heavy (non-hydrogen) atoms. The van der Waals surface area contributed by atoms with Gasteiger partial charge in [-0.1, -0.05) is 29.8 Å². The van der Waals surface area contributed by atoms with Crippen LogP contribution >= 0.6 is 11.6 Å². The molecule has 0 aliphatic heterocycles. The van der Waals surface area contributed by atoms with Crippen LogP contribution in [0.3, 0.4) is 0 Å². The van der Waals surface area contributed by atoms with E-state index in [0.717, 1.165) is 6.20 Å². The van der Waals surface area contributed by atoms with Crippen LogP contribution in [0, 0.1) is 0 Å². The number of pyridine rings is 1. The molecule has 1 heterocycles. The fraction of sp³-hybridized carbons (Fsp3) is 0.316. The van der Waals surface area contributed by atoms with Crippen molar-refractivity contribution in [3.05, 3.63) is 58.9 Å². The van der Waals surface area contributed by atoms with E-state index in [9.17, 15) is 22.8 Å². The maximum atomic E-state index is 12.6. The molecule has 0 saturated heterocycles.